The van der Waals surface area contributed by atoms with E-state index in [-0.39, 0.29) is 16.3 Å². The number of ether oxygens (including phenoxy) is 1. The molecule has 1 fully saturated rings. The summed E-state index contributed by atoms with van der Waals surface area (Å²) in [5, 5.41) is 0.432. The van der Waals surface area contributed by atoms with Gasteiger partial charge in [-0.3, -0.25) is 4.79 Å². The fourth-order valence-corrected chi connectivity index (χ4v) is 5.27. The fourth-order valence-electron chi connectivity index (χ4n) is 4.32. The molecule has 2 aromatic rings. The normalized spacial score (nSPS) is 18.3. The number of benzene rings is 2. The van der Waals surface area contributed by atoms with Crippen molar-refractivity contribution in [1.82, 2.24) is 0 Å². The molecule has 0 atom stereocenters. The molecule has 4 rings (SSSR count). The van der Waals surface area contributed by atoms with Crippen molar-refractivity contribution in [3.05, 3.63) is 64.2 Å². The smallest absolute Gasteiger partial charge is 0.175 e. The minimum Gasteiger partial charge on any atom is -0.486 e. The lowest BCUT2D eigenvalue weighted by Gasteiger charge is -2.24. The molecule has 4 nitrogen and oxygen atoms in total. The third kappa shape index (κ3) is 3.86. The summed E-state index contributed by atoms with van der Waals surface area (Å²) in [4.78, 5) is 12.0. The fraction of sp³-hybridized carbons (Fsp3) is 0.348. The van der Waals surface area contributed by atoms with Crippen molar-refractivity contribution in [3.8, 4) is 0 Å². The lowest BCUT2D eigenvalue weighted by molar-refractivity contribution is 0.0681. The molecule has 1 spiro atoms. The lowest BCUT2D eigenvalue weighted by atomic mass is 9.90. The number of hydrogen-bond acceptors (Lipinski definition) is 4. The summed E-state index contributed by atoms with van der Waals surface area (Å²) < 4.78 is 30.1. The maximum Gasteiger partial charge on any atom is 0.175 e. The molecule has 1 heterocycles. The Labute approximate surface area is 176 Å². The topological polar surface area (TPSA) is 60.4 Å². The number of Topliss-reactive ketones (excluding diaryl/α,β-unsaturated/α-hetero) is 1. The van der Waals surface area contributed by atoms with Gasteiger partial charge in [0, 0.05) is 29.4 Å². The van der Waals surface area contributed by atoms with Crippen molar-refractivity contribution < 1.29 is 17.9 Å². The lowest BCUT2D eigenvalue weighted by Crippen LogP contribution is -2.23. The summed E-state index contributed by atoms with van der Waals surface area (Å²) in [6, 6.07) is 12.3. The molecule has 2 aromatic carbocycles. The monoisotopic (exact) mass is 430 g/mol. The van der Waals surface area contributed by atoms with E-state index in [4.69, 9.17) is 16.3 Å². The van der Waals surface area contributed by atoms with E-state index in [2.05, 4.69) is 0 Å². The Morgan fingerprint density at radius 2 is 1.66 bits per heavy atom. The van der Waals surface area contributed by atoms with E-state index in [0.29, 0.717) is 10.6 Å². The maximum atomic E-state index is 11.8. The molecule has 0 radical (unpaired) electrons. The molecule has 0 N–H and O–H groups in total. The van der Waals surface area contributed by atoms with Crippen molar-refractivity contribution >= 4 is 38.6 Å². The second-order valence-electron chi connectivity index (χ2n) is 8.02. The second kappa shape index (κ2) is 7.29. The van der Waals surface area contributed by atoms with Crippen LogP contribution >= 0.6 is 11.6 Å². The molecular weight excluding hydrogens is 408 g/mol. The van der Waals surface area contributed by atoms with Crippen molar-refractivity contribution in [2.45, 2.75) is 49.5 Å². The van der Waals surface area contributed by atoms with E-state index in [0.717, 1.165) is 54.6 Å². The largest absolute Gasteiger partial charge is 0.486 e. The van der Waals surface area contributed by atoms with Gasteiger partial charge in [-0.2, -0.15) is 0 Å². The zero-order valence-corrected chi connectivity index (χ0v) is 18.1. The standard InChI is InChI=1S/C23H23ClO4S/c1-15(25)19-10-7-17(13-21(19)24)20-14-23(11-3-4-12-23)28-22(20)16-5-8-18(9-6-16)29(2,26)27/h5-10,13H,3-4,11-12,14H2,1-2H3. The molecule has 1 aliphatic carbocycles. The predicted octanol–water partition coefficient (Wildman–Crippen LogP) is 5.55. The molecule has 0 bridgehead atoms. The van der Waals surface area contributed by atoms with E-state index in [1.165, 1.54) is 13.2 Å². The number of rotatable bonds is 4. The summed E-state index contributed by atoms with van der Waals surface area (Å²) in [6.07, 6.45) is 6.26. The minimum atomic E-state index is -3.26. The second-order valence-corrected chi connectivity index (χ2v) is 10.4. The highest BCUT2D eigenvalue weighted by Crippen LogP contribution is 2.51. The average Bonchev–Trinajstić information content (AvgIpc) is 3.28. The zero-order valence-electron chi connectivity index (χ0n) is 16.5. The van der Waals surface area contributed by atoms with Crippen LogP contribution in [0.2, 0.25) is 5.02 Å². The van der Waals surface area contributed by atoms with Gasteiger partial charge in [-0.15, -0.1) is 0 Å². The van der Waals surface area contributed by atoms with E-state index in [1.807, 2.05) is 12.1 Å². The molecule has 0 aromatic heterocycles. The third-order valence-corrected chi connectivity index (χ3v) is 7.29. The van der Waals surface area contributed by atoms with Crippen LogP contribution in [0.5, 0.6) is 0 Å². The Bertz CT molecular complexity index is 1110. The molecule has 152 valence electrons. The Morgan fingerprint density at radius 3 is 2.21 bits per heavy atom. The van der Waals surface area contributed by atoms with Crippen molar-refractivity contribution in [2.75, 3.05) is 6.26 Å². The van der Waals surface area contributed by atoms with Gasteiger partial charge in [0.1, 0.15) is 11.4 Å². The number of carbonyl (C=O) groups excluding carboxylic acids is 1. The van der Waals surface area contributed by atoms with Gasteiger partial charge in [-0.25, -0.2) is 8.42 Å². The van der Waals surface area contributed by atoms with Gasteiger partial charge < -0.3 is 4.74 Å². The van der Waals surface area contributed by atoms with Crippen LogP contribution in [-0.4, -0.2) is 26.1 Å². The first-order valence-corrected chi connectivity index (χ1v) is 12.0. The van der Waals surface area contributed by atoms with Gasteiger partial charge in [-0.1, -0.05) is 17.7 Å². The van der Waals surface area contributed by atoms with Crippen molar-refractivity contribution in [3.63, 3.8) is 0 Å². The van der Waals surface area contributed by atoms with Crippen LogP contribution in [0.1, 0.15) is 60.5 Å². The van der Waals surface area contributed by atoms with Crippen LogP contribution < -0.4 is 0 Å². The van der Waals surface area contributed by atoms with Crippen LogP contribution in [0.3, 0.4) is 0 Å². The summed E-state index contributed by atoms with van der Waals surface area (Å²) >= 11 is 6.37. The Balaban J connectivity index is 1.80. The molecule has 0 amide bonds. The van der Waals surface area contributed by atoms with Crippen LogP contribution in [-0.2, 0) is 14.6 Å². The van der Waals surface area contributed by atoms with Crippen LogP contribution in [0.15, 0.2) is 47.4 Å². The van der Waals surface area contributed by atoms with E-state index < -0.39 is 9.84 Å². The van der Waals surface area contributed by atoms with E-state index in [1.54, 1.807) is 30.3 Å². The highest BCUT2D eigenvalue weighted by Gasteiger charge is 2.43. The summed E-state index contributed by atoms with van der Waals surface area (Å²) in [5.41, 5.74) is 3.14. The Morgan fingerprint density at radius 1 is 1.03 bits per heavy atom. The van der Waals surface area contributed by atoms with E-state index in [9.17, 15) is 13.2 Å². The van der Waals surface area contributed by atoms with Gasteiger partial charge >= 0.3 is 0 Å². The number of halogens is 1. The highest BCUT2D eigenvalue weighted by molar-refractivity contribution is 7.90. The Hall–Kier alpha value is -2.11. The first-order valence-electron chi connectivity index (χ1n) is 9.72. The molecule has 6 heteroatoms. The predicted molar refractivity (Wildman–Crippen MR) is 115 cm³/mol. The molecule has 29 heavy (non-hydrogen) atoms. The highest BCUT2D eigenvalue weighted by atomic mass is 35.5. The van der Waals surface area contributed by atoms with Crippen LogP contribution in [0.25, 0.3) is 11.3 Å². The number of carbonyl (C=O) groups is 1. The zero-order chi connectivity index (χ0) is 20.8. The summed E-state index contributed by atoms with van der Waals surface area (Å²) in [6.45, 7) is 1.50. The van der Waals surface area contributed by atoms with Gasteiger partial charge in [0.05, 0.1) is 9.92 Å². The van der Waals surface area contributed by atoms with Gasteiger partial charge in [0.15, 0.2) is 15.6 Å². The minimum absolute atomic E-state index is 0.0675. The van der Waals surface area contributed by atoms with Gasteiger partial charge in [0.2, 0.25) is 0 Å². The van der Waals surface area contributed by atoms with Crippen LogP contribution in [0, 0.1) is 0 Å². The van der Waals surface area contributed by atoms with Crippen LogP contribution in [0.4, 0.5) is 0 Å². The molecule has 2 aliphatic rings. The van der Waals surface area contributed by atoms with E-state index >= 15 is 0 Å². The number of ketones is 1. The average molecular weight is 431 g/mol. The molecule has 0 unspecified atom stereocenters. The maximum absolute atomic E-state index is 11.8. The third-order valence-electron chi connectivity index (χ3n) is 5.85. The van der Waals surface area contributed by atoms with Crippen molar-refractivity contribution in [2.24, 2.45) is 0 Å². The molecule has 1 aliphatic heterocycles. The first-order chi connectivity index (χ1) is 13.7. The number of hydrogen-bond donors (Lipinski definition) is 0. The van der Waals surface area contributed by atoms with Crippen molar-refractivity contribution in [1.29, 1.82) is 0 Å². The van der Waals surface area contributed by atoms with Gasteiger partial charge in [0.25, 0.3) is 0 Å². The Kier molecular flexibility index (Phi) is 5.07. The van der Waals surface area contributed by atoms with Gasteiger partial charge in [-0.05, 0) is 74.6 Å². The molecule has 0 saturated heterocycles. The first kappa shape index (κ1) is 20.2. The summed E-state index contributed by atoms with van der Waals surface area (Å²) in [5.74, 6) is 0.709. The number of sulfone groups is 1. The SMILES string of the molecule is CC(=O)c1ccc(C2=C(c3ccc(S(C)(=O)=O)cc3)OC3(CCCC3)C2)cc1Cl. The summed E-state index contributed by atoms with van der Waals surface area (Å²) in [7, 11) is -3.26. The molecular formula is C23H23ClO4S. The molecule has 1 saturated carbocycles. The quantitative estimate of drug-likeness (QED) is 0.597.